The van der Waals surface area contributed by atoms with Gasteiger partial charge in [0.15, 0.2) is 11.6 Å². The van der Waals surface area contributed by atoms with Crippen molar-refractivity contribution < 1.29 is 47.0 Å². The number of likely N-dealkylation sites (N-methyl/N-ethyl adjacent to an activating group) is 2. The number of para-hydroxylation sites is 4. The first kappa shape index (κ1) is 78.8. The molecule has 8 aromatic rings. The molecular weight excluding hydrogens is 1470 g/mol. The second-order valence-corrected chi connectivity index (χ2v) is 34.0. The van der Waals surface area contributed by atoms with Crippen LogP contribution in [-0.4, -0.2) is 209 Å². The number of halogens is 4. The molecule has 0 spiro atoms. The fourth-order valence-corrected chi connectivity index (χ4v) is 21.3. The van der Waals surface area contributed by atoms with Gasteiger partial charge in [-0.1, -0.05) is 72.8 Å². The number of likely N-dealkylation sites (tertiary alicyclic amines) is 4. The molecule has 0 aliphatic carbocycles. The van der Waals surface area contributed by atoms with Gasteiger partial charge in [-0.25, -0.2) is 17.6 Å². The third-order valence-corrected chi connectivity index (χ3v) is 27.1. The number of aliphatic hydroxyl groups is 2. The molecule has 608 valence electrons. The van der Waals surface area contributed by atoms with Gasteiger partial charge in [-0.3, -0.25) is 19.2 Å². The second-order valence-electron chi connectivity index (χ2n) is 34.0. The molecule has 12 aliphatic rings. The smallest absolute Gasteiger partial charge is 0.243 e. The maximum absolute atomic E-state index is 13.1. The summed E-state index contributed by atoms with van der Waals surface area (Å²) in [4.78, 5) is 73.6. The summed E-state index contributed by atoms with van der Waals surface area (Å²) in [6, 6.07) is 52.1. The summed E-state index contributed by atoms with van der Waals surface area (Å²) < 4.78 is 52.2. The molecular formula is C94H108F4N12O6. The zero-order valence-electron chi connectivity index (χ0n) is 66.7. The van der Waals surface area contributed by atoms with Crippen LogP contribution in [0.5, 0.6) is 0 Å². The number of amides is 2. The van der Waals surface area contributed by atoms with Crippen LogP contribution in [0.1, 0.15) is 167 Å². The van der Waals surface area contributed by atoms with E-state index < -0.39 is 12.2 Å². The number of piperidine rings is 4. The van der Waals surface area contributed by atoms with Crippen molar-refractivity contribution in [1.82, 2.24) is 19.6 Å². The van der Waals surface area contributed by atoms with E-state index >= 15 is 0 Å². The number of aliphatic hydroxyl groups excluding tert-OH is 2. The summed E-state index contributed by atoms with van der Waals surface area (Å²) in [5.74, 6) is 1.15. The van der Waals surface area contributed by atoms with Gasteiger partial charge in [-0.05, 0) is 221 Å². The second kappa shape index (κ2) is 34.5. The molecule has 12 aliphatic heterocycles. The number of Topliss-reactive ketones (excluding diaryl/α,β-unsaturated/α-hetero) is 2. The first-order valence-corrected chi connectivity index (χ1v) is 42.4. The molecule has 0 bridgehead atoms. The number of nitrogens with zero attached hydrogens (tertiary/aromatic N) is 10. The molecule has 4 saturated heterocycles. The molecule has 2 unspecified atom stereocenters. The van der Waals surface area contributed by atoms with E-state index in [9.17, 15) is 47.0 Å². The molecule has 10 atom stereocenters. The minimum absolute atomic E-state index is 0.0667. The predicted octanol–water partition coefficient (Wildman–Crippen LogP) is 14.4. The standard InChI is InChI=1S/C24H30FN3O.C24H28FN3O.C23H26FN3O2.C23H24FN3O2/c2*1-26-14-15-28-21-11-13-27(16-20(21)19-4-2-5-22(26)24(19)28)12-3-6-23(29)17-7-9-18(25)10-8-17;2*24-16-8-6-15(7-9-16)21(28)5-2-11-26-12-10-20-18(13-26)17-3-1-4-19-23(17)27(20)14-22(29)25-19/h2,4-5,7-10,20-21,23,29H,3,6,11-16H2,1H3;2,4-5,7-10,20-21H,3,6,11-16H2,1H3;1,3-4,6-9,18,20-21,28H,2,5,10-14H2,(H,25,29);1,3-4,6-9,18,20H,2,5,10-14H2,(H,25,29)/t20-,21-,23?;20-,21-;18-,20-,21?;18-,20-/m0000/s1. The van der Waals surface area contributed by atoms with Crippen molar-refractivity contribution in [3.05, 3.63) is 238 Å². The van der Waals surface area contributed by atoms with Crippen LogP contribution in [0.25, 0.3) is 0 Å². The summed E-state index contributed by atoms with van der Waals surface area (Å²) in [5, 5.41) is 26.8. The van der Waals surface area contributed by atoms with Gasteiger partial charge in [0.25, 0.3) is 0 Å². The van der Waals surface area contributed by atoms with Gasteiger partial charge in [-0.15, -0.1) is 0 Å². The molecule has 8 aromatic carbocycles. The Labute approximate surface area is 678 Å². The molecule has 0 saturated carbocycles. The molecule has 2 amide bonds. The fourth-order valence-electron chi connectivity index (χ4n) is 21.3. The van der Waals surface area contributed by atoms with Crippen LogP contribution < -0.4 is 40.0 Å². The van der Waals surface area contributed by atoms with E-state index in [4.69, 9.17) is 0 Å². The van der Waals surface area contributed by atoms with Crippen molar-refractivity contribution in [2.45, 2.75) is 137 Å². The van der Waals surface area contributed by atoms with Gasteiger partial charge in [0, 0.05) is 164 Å². The number of fused-ring (bicyclic) bond motifs is 12. The Morgan fingerprint density at radius 1 is 0.379 bits per heavy atom. The van der Waals surface area contributed by atoms with Crippen LogP contribution >= 0.6 is 0 Å². The number of hydrogen-bond donors (Lipinski definition) is 4. The van der Waals surface area contributed by atoms with Crippen LogP contribution in [-0.2, 0) is 9.59 Å². The molecule has 4 fully saturated rings. The van der Waals surface area contributed by atoms with Crippen LogP contribution in [0.2, 0.25) is 0 Å². The van der Waals surface area contributed by atoms with Gasteiger partial charge in [-0.2, -0.15) is 0 Å². The number of ketones is 2. The molecule has 116 heavy (non-hydrogen) atoms. The summed E-state index contributed by atoms with van der Waals surface area (Å²) >= 11 is 0. The average Bonchev–Trinajstić information content (AvgIpc) is 1.60. The van der Waals surface area contributed by atoms with Crippen LogP contribution in [0, 0.1) is 23.3 Å². The predicted molar refractivity (Wildman–Crippen MR) is 450 cm³/mol. The maximum atomic E-state index is 13.1. The van der Waals surface area contributed by atoms with Crippen molar-refractivity contribution in [1.29, 1.82) is 0 Å². The van der Waals surface area contributed by atoms with Crippen molar-refractivity contribution in [2.75, 3.05) is 172 Å². The molecule has 4 N–H and O–H groups in total. The van der Waals surface area contributed by atoms with E-state index in [1.165, 1.54) is 118 Å². The Morgan fingerprint density at radius 2 is 0.690 bits per heavy atom. The molecule has 0 radical (unpaired) electrons. The highest BCUT2D eigenvalue weighted by Gasteiger charge is 2.49. The van der Waals surface area contributed by atoms with E-state index in [2.05, 4.69) is 122 Å². The number of rotatable bonds is 20. The summed E-state index contributed by atoms with van der Waals surface area (Å²) in [6.07, 6.45) is 9.29. The van der Waals surface area contributed by atoms with Gasteiger partial charge in [0.05, 0.1) is 70.8 Å². The molecule has 22 heteroatoms. The number of benzene rings is 8. The number of hydrogen-bond acceptors (Lipinski definition) is 16. The largest absolute Gasteiger partial charge is 0.388 e. The van der Waals surface area contributed by atoms with Crippen molar-refractivity contribution in [3.8, 4) is 0 Å². The van der Waals surface area contributed by atoms with Crippen LogP contribution in [0.4, 0.5) is 63.1 Å². The van der Waals surface area contributed by atoms with Crippen molar-refractivity contribution >= 4 is 68.9 Å². The van der Waals surface area contributed by atoms with E-state index in [1.54, 1.807) is 48.5 Å². The number of carbonyl (C=O) groups is 4. The highest BCUT2D eigenvalue weighted by Crippen LogP contribution is 2.54. The van der Waals surface area contributed by atoms with Crippen molar-refractivity contribution in [3.63, 3.8) is 0 Å². The lowest BCUT2D eigenvalue weighted by Crippen LogP contribution is -2.49. The zero-order valence-corrected chi connectivity index (χ0v) is 66.7. The Kier molecular flexibility index (Phi) is 23.4. The van der Waals surface area contributed by atoms with E-state index in [-0.39, 0.29) is 46.6 Å². The Hall–Kier alpha value is -9.68. The Bertz CT molecular complexity index is 4870. The van der Waals surface area contributed by atoms with Crippen molar-refractivity contribution in [2.24, 2.45) is 0 Å². The molecule has 0 aromatic heterocycles. The maximum Gasteiger partial charge on any atom is 0.243 e. The lowest BCUT2D eigenvalue weighted by Gasteiger charge is -2.41. The lowest BCUT2D eigenvalue weighted by molar-refractivity contribution is -0.116. The normalized spacial score (nSPS) is 23.6. The molecule has 12 heterocycles. The zero-order chi connectivity index (χ0) is 79.8. The third kappa shape index (κ3) is 16.4. The topological polar surface area (TPSA) is 165 Å². The van der Waals surface area contributed by atoms with Gasteiger partial charge in [0.2, 0.25) is 11.8 Å². The SMILES string of the molecule is CN1CCN2c3c(cccc31)[C@@H]1CN(CCCC(=O)c3ccc(F)cc3)CC[C@@H]12.CN1CCN2c3c(cccc31)[C@@H]1CN(CCCC(O)c3ccc(F)cc3)CC[C@@H]12.O=C1CN2c3c(cccc3[C@@H]3CN(CCCC(=O)c4ccc(F)cc4)CC[C@@H]32)N1.O=C1CN2c3c(cccc3[C@@H]3CN(CCCC(O)c4ccc(F)cc4)CC[C@@H]32)N1. The van der Waals surface area contributed by atoms with Crippen LogP contribution in [0.3, 0.4) is 0 Å². The van der Waals surface area contributed by atoms with Gasteiger partial charge in [0.1, 0.15) is 23.3 Å². The van der Waals surface area contributed by atoms with Gasteiger partial charge >= 0.3 is 0 Å². The van der Waals surface area contributed by atoms with Gasteiger partial charge < -0.3 is 69.8 Å². The highest BCUT2D eigenvalue weighted by molar-refractivity contribution is 6.04. The molecule has 18 nitrogen and oxygen atoms in total. The minimum atomic E-state index is -0.551. The van der Waals surface area contributed by atoms with E-state index in [0.717, 1.165) is 166 Å². The Balaban J connectivity index is 0.000000111. The quantitative estimate of drug-likeness (QED) is 0.0420. The summed E-state index contributed by atoms with van der Waals surface area (Å²) in [6.45, 7) is 17.4. The third-order valence-electron chi connectivity index (χ3n) is 27.1. The molecule has 20 rings (SSSR count). The summed E-state index contributed by atoms with van der Waals surface area (Å²) in [7, 11) is 4.40. The first-order valence-electron chi connectivity index (χ1n) is 42.4. The average molecular weight is 1580 g/mol. The first-order chi connectivity index (χ1) is 56.4. The number of nitrogens with one attached hydrogen (secondary N) is 2. The van der Waals surface area contributed by atoms with E-state index in [0.29, 0.717) is 97.7 Å². The minimum Gasteiger partial charge on any atom is -0.388 e. The fraction of sp³-hybridized carbons (Fsp3) is 0.447. The monoisotopic (exact) mass is 1580 g/mol. The number of carbonyl (C=O) groups excluding carboxylic acids is 4. The summed E-state index contributed by atoms with van der Waals surface area (Å²) in [5.41, 5.74) is 18.5. The van der Waals surface area contributed by atoms with E-state index in [1.807, 2.05) is 24.3 Å². The number of anilines is 8. The highest BCUT2D eigenvalue weighted by atomic mass is 19.1. The Morgan fingerprint density at radius 3 is 1.04 bits per heavy atom. The lowest BCUT2D eigenvalue weighted by atomic mass is 9.89. The van der Waals surface area contributed by atoms with Crippen LogP contribution in [0.15, 0.2) is 170 Å².